The van der Waals surface area contributed by atoms with Gasteiger partial charge in [0.05, 0.1) is 30.8 Å². The maximum absolute atomic E-state index is 13.0. The predicted molar refractivity (Wildman–Crippen MR) is 92.4 cm³/mol. The summed E-state index contributed by atoms with van der Waals surface area (Å²) >= 11 is 31.3. The number of halogens is 9. The van der Waals surface area contributed by atoms with Gasteiger partial charge >= 0.3 is 6.18 Å². The van der Waals surface area contributed by atoms with Gasteiger partial charge in [-0.15, -0.1) is 0 Å². The third-order valence-electron chi connectivity index (χ3n) is 2.58. The number of benzene rings is 1. The van der Waals surface area contributed by atoms with Crippen LogP contribution in [0.25, 0.3) is 11.3 Å². The molecule has 0 aliphatic heterocycles. The summed E-state index contributed by atoms with van der Waals surface area (Å²) in [7, 11) is 0. The van der Waals surface area contributed by atoms with Crippen molar-refractivity contribution in [2.45, 2.75) is 6.18 Å². The van der Waals surface area contributed by atoms with Crippen LogP contribution in [0, 0.1) is 3.57 Å². The number of alkyl halides is 3. The Labute approximate surface area is 161 Å². The van der Waals surface area contributed by atoms with Gasteiger partial charge in [0.2, 0.25) is 0 Å². The molecule has 118 valence electrons. The Morgan fingerprint density at radius 2 is 1.27 bits per heavy atom. The van der Waals surface area contributed by atoms with Crippen LogP contribution in [-0.2, 0) is 6.18 Å². The van der Waals surface area contributed by atoms with Crippen molar-refractivity contribution in [1.82, 2.24) is 4.98 Å². The molecule has 0 amide bonds. The number of aromatic nitrogens is 1. The van der Waals surface area contributed by atoms with Gasteiger partial charge in [-0.25, -0.2) is 4.98 Å². The van der Waals surface area contributed by atoms with E-state index in [-0.39, 0.29) is 39.9 Å². The summed E-state index contributed by atoms with van der Waals surface area (Å²) in [6.07, 6.45) is -4.62. The predicted octanol–water partition coefficient (Wildman–Crippen LogP) is 7.64. The van der Waals surface area contributed by atoms with Crippen LogP contribution >= 0.6 is 80.6 Å². The molecule has 0 bridgehead atoms. The summed E-state index contributed by atoms with van der Waals surface area (Å²) in [4.78, 5) is 3.59. The fourth-order valence-corrected chi connectivity index (χ4v) is 3.55. The zero-order valence-electron chi connectivity index (χ0n) is 10.0. The monoisotopic (exact) mass is 519 g/mol. The van der Waals surface area contributed by atoms with Crippen molar-refractivity contribution in [2.75, 3.05) is 0 Å². The van der Waals surface area contributed by atoms with Gasteiger partial charge in [-0.2, -0.15) is 13.2 Å². The van der Waals surface area contributed by atoms with E-state index in [0.717, 1.165) is 0 Å². The summed E-state index contributed by atoms with van der Waals surface area (Å²) in [5.74, 6) is 0. The molecule has 0 spiro atoms. The zero-order valence-corrected chi connectivity index (χ0v) is 15.9. The third kappa shape index (κ3) is 3.39. The topological polar surface area (TPSA) is 12.9 Å². The molecule has 2 aromatic rings. The molecule has 0 saturated carbocycles. The maximum atomic E-state index is 13.0. The first-order chi connectivity index (χ1) is 10.1. The molecule has 2 rings (SSSR count). The van der Waals surface area contributed by atoms with E-state index in [1.807, 2.05) is 0 Å². The Morgan fingerprint density at radius 3 is 1.73 bits per heavy atom. The minimum absolute atomic E-state index is 0.00960. The van der Waals surface area contributed by atoms with Gasteiger partial charge < -0.3 is 0 Å². The molecule has 0 unspecified atom stereocenters. The molecule has 1 aromatic heterocycles. The second-order valence-electron chi connectivity index (χ2n) is 3.97. The molecule has 0 aliphatic carbocycles. The molecule has 1 nitrogen and oxygen atoms in total. The smallest absolute Gasteiger partial charge is 0.242 e. The maximum Gasteiger partial charge on any atom is 0.434 e. The van der Waals surface area contributed by atoms with Crippen LogP contribution < -0.4 is 0 Å². The summed E-state index contributed by atoms with van der Waals surface area (Å²) in [6.45, 7) is 0. The van der Waals surface area contributed by atoms with Crippen LogP contribution in [-0.4, -0.2) is 4.98 Å². The van der Waals surface area contributed by atoms with Crippen LogP contribution in [0.5, 0.6) is 0 Å². The van der Waals surface area contributed by atoms with Crippen molar-refractivity contribution < 1.29 is 13.2 Å². The normalized spacial score (nSPS) is 11.9. The average molecular weight is 521 g/mol. The summed E-state index contributed by atoms with van der Waals surface area (Å²) in [5.41, 5.74) is -1.17. The quantitative estimate of drug-likeness (QED) is 0.214. The highest BCUT2D eigenvalue weighted by Gasteiger charge is 2.35. The largest absolute Gasteiger partial charge is 0.434 e. The van der Waals surface area contributed by atoms with Gasteiger partial charge in [0.1, 0.15) is 0 Å². The first-order valence-electron chi connectivity index (χ1n) is 5.31. The Bertz CT molecular complexity index is 734. The highest BCUT2D eigenvalue weighted by molar-refractivity contribution is 14.1. The first-order valence-corrected chi connectivity index (χ1v) is 8.28. The molecule has 0 radical (unpaired) electrons. The van der Waals surface area contributed by atoms with E-state index in [4.69, 9.17) is 58.0 Å². The van der Waals surface area contributed by atoms with E-state index in [1.54, 1.807) is 0 Å². The van der Waals surface area contributed by atoms with Gasteiger partial charge in [-0.1, -0.05) is 58.0 Å². The zero-order chi connectivity index (χ0) is 16.8. The van der Waals surface area contributed by atoms with Gasteiger partial charge in [0.25, 0.3) is 0 Å². The van der Waals surface area contributed by atoms with Gasteiger partial charge in [-0.05, 0) is 34.7 Å². The lowest BCUT2D eigenvalue weighted by atomic mass is 10.1. The summed E-state index contributed by atoms with van der Waals surface area (Å²) in [5, 5.41) is -0.544. The number of rotatable bonds is 1. The Morgan fingerprint density at radius 1 is 0.818 bits per heavy atom. The SMILES string of the molecule is FC(F)(F)c1nc(-c2c(Cl)c(Cl)c(Cl)c(Cl)c2Cl)ccc1I. The Balaban J connectivity index is 2.79. The highest BCUT2D eigenvalue weighted by atomic mass is 127. The lowest BCUT2D eigenvalue weighted by Gasteiger charge is -2.14. The second-order valence-corrected chi connectivity index (χ2v) is 7.02. The summed E-state index contributed by atoms with van der Waals surface area (Å²) < 4.78 is 38.8. The van der Waals surface area contributed by atoms with Crippen LogP contribution in [0.15, 0.2) is 12.1 Å². The van der Waals surface area contributed by atoms with Crippen LogP contribution in [0.4, 0.5) is 13.2 Å². The van der Waals surface area contributed by atoms with Gasteiger partial charge in [0.15, 0.2) is 5.69 Å². The standard InChI is InChI=1S/C12H2Cl5F3IN/c13-6-5(7(14)9(16)10(17)8(6)15)4-2-1-3(21)11(22-4)12(18,19)20/h1-2H. The number of pyridine rings is 1. The molecule has 0 fully saturated rings. The van der Waals surface area contributed by atoms with Gasteiger partial charge in [-0.3, -0.25) is 0 Å². The van der Waals surface area contributed by atoms with Crippen molar-refractivity contribution in [2.24, 2.45) is 0 Å². The van der Waals surface area contributed by atoms with Crippen LogP contribution in [0.1, 0.15) is 5.69 Å². The van der Waals surface area contributed by atoms with Crippen molar-refractivity contribution in [3.05, 3.63) is 46.5 Å². The average Bonchev–Trinajstić information content (AvgIpc) is 2.43. The van der Waals surface area contributed by atoms with Crippen molar-refractivity contribution in [3.63, 3.8) is 0 Å². The fraction of sp³-hybridized carbons (Fsp3) is 0.0833. The number of hydrogen-bond donors (Lipinski definition) is 0. The molecule has 0 atom stereocenters. The lowest BCUT2D eigenvalue weighted by Crippen LogP contribution is -2.11. The highest BCUT2D eigenvalue weighted by Crippen LogP contribution is 2.48. The molecule has 0 N–H and O–H groups in total. The minimum atomic E-state index is -4.62. The molecule has 1 aromatic carbocycles. The van der Waals surface area contributed by atoms with Crippen molar-refractivity contribution >= 4 is 80.6 Å². The minimum Gasteiger partial charge on any atom is -0.242 e. The van der Waals surface area contributed by atoms with E-state index in [0.29, 0.717) is 0 Å². The molecule has 0 aliphatic rings. The van der Waals surface area contributed by atoms with Crippen molar-refractivity contribution in [3.8, 4) is 11.3 Å². The summed E-state index contributed by atoms with van der Waals surface area (Å²) in [6, 6.07) is 2.58. The van der Waals surface area contributed by atoms with Crippen LogP contribution in [0.2, 0.25) is 25.1 Å². The van der Waals surface area contributed by atoms with Gasteiger partial charge in [0, 0.05) is 9.13 Å². The second kappa shape index (κ2) is 6.69. The van der Waals surface area contributed by atoms with E-state index in [1.165, 1.54) is 34.7 Å². The third-order valence-corrected chi connectivity index (χ3v) is 5.73. The molecule has 0 saturated heterocycles. The molecular weight excluding hydrogens is 519 g/mol. The number of nitrogens with zero attached hydrogens (tertiary/aromatic N) is 1. The molecule has 1 heterocycles. The number of hydrogen-bond acceptors (Lipinski definition) is 1. The molecule has 22 heavy (non-hydrogen) atoms. The van der Waals surface area contributed by atoms with E-state index < -0.39 is 11.9 Å². The first kappa shape index (κ1) is 18.7. The Kier molecular flexibility index (Phi) is 5.68. The van der Waals surface area contributed by atoms with E-state index in [9.17, 15) is 13.2 Å². The van der Waals surface area contributed by atoms with E-state index in [2.05, 4.69) is 4.98 Å². The molecule has 10 heteroatoms. The fourth-order valence-electron chi connectivity index (χ4n) is 1.61. The van der Waals surface area contributed by atoms with Crippen LogP contribution in [0.3, 0.4) is 0 Å². The molecular formula is C12H2Cl5F3IN. The van der Waals surface area contributed by atoms with Crippen molar-refractivity contribution in [1.29, 1.82) is 0 Å². The Hall–Kier alpha value is 0.340. The van der Waals surface area contributed by atoms with E-state index >= 15 is 0 Å². The lowest BCUT2D eigenvalue weighted by molar-refractivity contribution is -0.141.